The summed E-state index contributed by atoms with van der Waals surface area (Å²) in [5.41, 5.74) is 7.78. The number of hydrogen-bond donors (Lipinski definition) is 2. The van der Waals surface area contributed by atoms with Crippen LogP contribution in [0.5, 0.6) is 0 Å². The Balaban J connectivity index is 1.68. The predicted molar refractivity (Wildman–Crippen MR) is 75.5 cm³/mol. The van der Waals surface area contributed by atoms with Crippen LogP contribution in [-0.4, -0.2) is 28.9 Å². The van der Waals surface area contributed by atoms with Gasteiger partial charge in [0, 0.05) is 36.6 Å². The minimum Gasteiger partial charge on any atom is -0.370 e. The Morgan fingerprint density at radius 2 is 2.26 bits per heavy atom. The van der Waals surface area contributed by atoms with E-state index in [2.05, 4.69) is 34.3 Å². The number of benzene rings is 1. The molecular formula is C15H19N3O. The molecule has 1 unspecified atom stereocenters. The van der Waals surface area contributed by atoms with Crippen molar-refractivity contribution in [2.75, 3.05) is 13.1 Å². The number of hydrogen-bond acceptors (Lipinski definition) is 2. The van der Waals surface area contributed by atoms with E-state index >= 15 is 0 Å². The third kappa shape index (κ3) is 2.63. The molecule has 3 N–H and O–H groups in total. The van der Waals surface area contributed by atoms with E-state index in [4.69, 9.17) is 5.73 Å². The molecule has 3 rings (SSSR count). The number of aromatic nitrogens is 1. The van der Waals surface area contributed by atoms with Crippen LogP contribution in [0.4, 0.5) is 0 Å². The number of aromatic amines is 1. The fourth-order valence-electron chi connectivity index (χ4n) is 3.01. The predicted octanol–water partition coefficient (Wildman–Crippen LogP) is 1.87. The summed E-state index contributed by atoms with van der Waals surface area (Å²) in [5.74, 6) is 0.252. The lowest BCUT2D eigenvalue weighted by Crippen LogP contribution is -2.22. The highest BCUT2D eigenvalue weighted by molar-refractivity contribution is 5.82. The molecule has 1 aromatic heterocycles. The van der Waals surface area contributed by atoms with Crippen molar-refractivity contribution in [1.29, 1.82) is 0 Å². The Morgan fingerprint density at radius 3 is 3.11 bits per heavy atom. The minimum absolute atomic E-state index is 0.182. The Kier molecular flexibility index (Phi) is 3.25. The number of rotatable bonds is 4. The average Bonchev–Trinajstić information content (AvgIpc) is 2.97. The van der Waals surface area contributed by atoms with Crippen LogP contribution in [0.3, 0.4) is 0 Å². The first-order valence-corrected chi connectivity index (χ1v) is 6.78. The first-order valence-electron chi connectivity index (χ1n) is 6.78. The third-order valence-corrected chi connectivity index (χ3v) is 3.93. The molecule has 1 fully saturated rings. The Labute approximate surface area is 112 Å². The molecule has 0 saturated carbocycles. The lowest BCUT2D eigenvalue weighted by Gasteiger charge is -2.15. The summed E-state index contributed by atoms with van der Waals surface area (Å²) in [6.07, 6.45) is 3.68. The Hall–Kier alpha value is -1.81. The van der Waals surface area contributed by atoms with Crippen LogP contribution in [0.15, 0.2) is 30.5 Å². The molecule has 4 nitrogen and oxygen atoms in total. The van der Waals surface area contributed by atoms with E-state index in [9.17, 15) is 4.79 Å². The highest BCUT2D eigenvalue weighted by Gasteiger charge is 2.24. The van der Waals surface area contributed by atoms with Crippen molar-refractivity contribution in [3.05, 3.63) is 36.0 Å². The van der Waals surface area contributed by atoms with Gasteiger partial charge in [-0.2, -0.15) is 0 Å². The monoisotopic (exact) mass is 257 g/mol. The number of nitrogens with one attached hydrogen (secondary N) is 1. The summed E-state index contributed by atoms with van der Waals surface area (Å²) in [6, 6.07) is 8.36. The van der Waals surface area contributed by atoms with Crippen LogP contribution < -0.4 is 5.73 Å². The number of carbonyl (C=O) groups excluding carboxylic acids is 1. The van der Waals surface area contributed by atoms with Gasteiger partial charge < -0.3 is 10.7 Å². The number of H-pyrrole nitrogens is 1. The van der Waals surface area contributed by atoms with E-state index in [0.717, 1.165) is 26.1 Å². The fourth-order valence-corrected chi connectivity index (χ4v) is 3.01. The molecule has 2 heterocycles. The van der Waals surface area contributed by atoms with Crippen LogP contribution in [0.25, 0.3) is 10.9 Å². The molecule has 19 heavy (non-hydrogen) atoms. The first kappa shape index (κ1) is 12.2. The number of fused-ring (bicyclic) bond motifs is 1. The van der Waals surface area contributed by atoms with Gasteiger partial charge in [0.05, 0.1) is 0 Å². The standard InChI is InChI=1S/C15H19N3O/c16-15(19)7-11-5-6-18(9-11)10-12-8-17-14-4-2-1-3-13(12)14/h1-4,8,11,17H,5-7,9-10H2,(H2,16,19). The molecule has 0 spiro atoms. The molecule has 2 aromatic rings. The number of nitrogens with zero attached hydrogens (tertiary/aromatic N) is 1. The summed E-state index contributed by atoms with van der Waals surface area (Å²) in [5, 5.41) is 1.29. The van der Waals surface area contributed by atoms with Crippen LogP contribution in [-0.2, 0) is 11.3 Å². The number of nitrogens with two attached hydrogens (primary N) is 1. The maximum absolute atomic E-state index is 11.0. The highest BCUT2D eigenvalue weighted by atomic mass is 16.1. The molecule has 1 aliphatic rings. The lowest BCUT2D eigenvalue weighted by atomic mass is 10.1. The van der Waals surface area contributed by atoms with Crippen molar-refractivity contribution in [3.8, 4) is 0 Å². The molecule has 0 aliphatic carbocycles. The van der Waals surface area contributed by atoms with Gasteiger partial charge in [-0.3, -0.25) is 9.69 Å². The average molecular weight is 257 g/mol. The summed E-state index contributed by atoms with van der Waals surface area (Å²) < 4.78 is 0. The molecular weight excluding hydrogens is 238 g/mol. The third-order valence-electron chi connectivity index (χ3n) is 3.93. The van der Waals surface area contributed by atoms with Crippen molar-refractivity contribution >= 4 is 16.8 Å². The number of amides is 1. The summed E-state index contributed by atoms with van der Waals surface area (Å²) in [4.78, 5) is 16.7. The van der Waals surface area contributed by atoms with E-state index in [1.165, 1.54) is 16.5 Å². The Morgan fingerprint density at radius 1 is 1.42 bits per heavy atom. The molecule has 0 radical (unpaired) electrons. The molecule has 4 heteroatoms. The van der Waals surface area contributed by atoms with Gasteiger partial charge in [-0.15, -0.1) is 0 Å². The van der Waals surface area contributed by atoms with E-state index in [0.29, 0.717) is 12.3 Å². The quantitative estimate of drug-likeness (QED) is 0.878. The van der Waals surface area contributed by atoms with E-state index in [-0.39, 0.29) is 5.91 Å². The number of carbonyl (C=O) groups is 1. The fraction of sp³-hybridized carbons (Fsp3) is 0.400. The van der Waals surface area contributed by atoms with Gasteiger partial charge in [0.1, 0.15) is 0 Å². The molecule has 1 saturated heterocycles. The molecule has 1 amide bonds. The summed E-state index contributed by atoms with van der Waals surface area (Å²) >= 11 is 0. The van der Waals surface area contributed by atoms with Crippen molar-refractivity contribution in [1.82, 2.24) is 9.88 Å². The van der Waals surface area contributed by atoms with Gasteiger partial charge in [0.15, 0.2) is 0 Å². The van der Waals surface area contributed by atoms with Crippen molar-refractivity contribution < 1.29 is 4.79 Å². The summed E-state index contributed by atoms with van der Waals surface area (Å²) in [6.45, 7) is 2.97. The molecule has 1 aliphatic heterocycles. The van der Waals surface area contributed by atoms with E-state index in [1.807, 2.05) is 6.07 Å². The first-order chi connectivity index (χ1) is 9.22. The SMILES string of the molecule is NC(=O)CC1CCN(Cc2c[nH]c3ccccc23)C1. The van der Waals surface area contributed by atoms with E-state index < -0.39 is 0 Å². The largest absolute Gasteiger partial charge is 0.370 e. The lowest BCUT2D eigenvalue weighted by molar-refractivity contribution is -0.118. The van der Waals surface area contributed by atoms with Crippen LogP contribution >= 0.6 is 0 Å². The van der Waals surface area contributed by atoms with Crippen molar-refractivity contribution in [2.45, 2.75) is 19.4 Å². The van der Waals surface area contributed by atoms with Gasteiger partial charge in [0.2, 0.25) is 5.91 Å². The van der Waals surface area contributed by atoms with Gasteiger partial charge >= 0.3 is 0 Å². The molecule has 1 aromatic carbocycles. The molecule has 1 atom stereocenters. The van der Waals surface area contributed by atoms with Gasteiger partial charge in [-0.25, -0.2) is 0 Å². The highest BCUT2D eigenvalue weighted by Crippen LogP contribution is 2.24. The van der Waals surface area contributed by atoms with Gasteiger partial charge in [0.25, 0.3) is 0 Å². The zero-order chi connectivity index (χ0) is 13.2. The second kappa shape index (κ2) is 5.05. The smallest absolute Gasteiger partial charge is 0.217 e. The zero-order valence-electron chi connectivity index (χ0n) is 10.9. The van der Waals surface area contributed by atoms with Crippen molar-refractivity contribution in [3.63, 3.8) is 0 Å². The number of para-hydroxylation sites is 1. The topological polar surface area (TPSA) is 62.1 Å². The summed E-state index contributed by atoms with van der Waals surface area (Å²) in [7, 11) is 0. The molecule has 100 valence electrons. The van der Waals surface area contributed by atoms with Gasteiger partial charge in [-0.1, -0.05) is 18.2 Å². The second-order valence-electron chi connectivity index (χ2n) is 5.42. The van der Waals surface area contributed by atoms with Crippen LogP contribution in [0.1, 0.15) is 18.4 Å². The van der Waals surface area contributed by atoms with Crippen LogP contribution in [0, 0.1) is 5.92 Å². The second-order valence-corrected chi connectivity index (χ2v) is 5.42. The minimum atomic E-state index is -0.182. The maximum Gasteiger partial charge on any atom is 0.217 e. The number of likely N-dealkylation sites (tertiary alicyclic amines) is 1. The number of primary amides is 1. The van der Waals surface area contributed by atoms with Crippen molar-refractivity contribution in [2.24, 2.45) is 11.7 Å². The maximum atomic E-state index is 11.0. The molecule has 0 bridgehead atoms. The normalized spacial score (nSPS) is 20.1. The van der Waals surface area contributed by atoms with Gasteiger partial charge in [-0.05, 0) is 30.5 Å². The zero-order valence-corrected chi connectivity index (χ0v) is 10.9. The van der Waals surface area contributed by atoms with Crippen LogP contribution in [0.2, 0.25) is 0 Å². The Bertz CT molecular complexity index is 590. The van der Waals surface area contributed by atoms with E-state index in [1.54, 1.807) is 0 Å².